The molecule has 15 heavy (non-hydrogen) atoms. The Labute approximate surface area is 89.1 Å². The largest absolute Gasteiger partial charge is 0.396 e. The van der Waals surface area contributed by atoms with Crippen LogP contribution in [-0.2, 0) is 0 Å². The van der Waals surface area contributed by atoms with Gasteiger partial charge in [-0.25, -0.2) is 4.98 Å². The summed E-state index contributed by atoms with van der Waals surface area (Å²) in [5.74, 6) is 2.32. The van der Waals surface area contributed by atoms with Crippen molar-refractivity contribution in [3.8, 4) is 6.07 Å². The van der Waals surface area contributed by atoms with E-state index in [0.29, 0.717) is 11.4 Å². The fourth-order valence-corrected chi connectivity index (χ4v) is 1.58. The second-order valence-electron chi connectivity index (χ2n) is 4.10. The first-order valence-corrected chi connectivity index (χ1v) is 5.11. The Morgan fingerprint density at radius 2 is 2.40 bits per heavy atom. The number of hydrogen-bond donors (Lipinski definition) is 2. The summed E-state index contributed by atoms with van der Waals surface area (Å²) in [6.07, 6.45) is 1.28. The van der Waals surface area contributed by atoms with Crippen molar-refractivity contribution >= 4 is 11.5 Å². The Bertz CT molecular complexity index is 408. The quantitative estimate of drug-likeness (QED) is 0.780. The highest BCUT2D eigenvalue weighted by molar-refractivity contribution is 5.54. The predicted octanol–water partition coefficient (Wildman–Crippen LogP) is 1.60. The first-order valence-electron chi connectivity index (χ1n) is 5.11. The minimum Gasteiger partial charge on any atom is -0.396 e. The van der Waals surface area contributed by atoms with Crippen molar-refractivity contribution in [2.24, 2.45) is 11.8 Å². The van der Waals surface area contributed by atoms with E-state index in [1.807, 2.05) is 12.1 Å². The summed E-state index contributed by atoms with van der Waals surface area (Å²) in [5, 5.41) is 12.0. The lowest BCUT2D eigenvalue weighted by molar-refractivity contribution is 0.784. The van der Waals surface area contributed by atoms with Gasteiger partial charge in [-0.3, -0.25) is 0 Å². The van der Waals surface area contributed by atoms with Gasteiger partial charge in [0.05, 0.1) is 5.69 Å². The normalized spacial score (nSPS) is 23.2. The SMILES string of the molecule is CC1CC1CNc1ccc(N)c(C#N)n1. The van der Waals surface area contributed by atoms with E-state index in [2.05, 4.69) is 17.2 Å². The van der Waals surface area contributed by atoms with Crippen LogP contribution in [0.5, 0.6) is 0 Å². The molecule has 78 valence electrons. The Morgan fingerprint density at radius 3 is 3.00 bits per heavy atom. The van der Waals surface area contributed by atoms with Gasteiger partial charge in [0, 0.05) is 6.54 Å². The summed E-state index contributed by atoms with van der Waals surface area (Å²) in [7, 11) is 0. The van der Waals surface area contributed by atoms with Gasteiger partial charge < -0.3 is 11.1 Å². The maximum atomic E-state index is 8.75. The minimum absolute atomic E-state index is 0.295. The highest BCUT2D eigenvalue weighted by Gasteiger charge is 2.31. The average molecular weight is 202 g/mol. The molecule has 0 bridgehead atoms. The average Bonchev–Trinajstić information content (AvgIpc) is 2.93. The van der Waals surface area contributed by atoms with Crippen LogP contribution >= 0.6 is 0 Å². The maximum absolute atomic E-state index is 8.75. The molecule has 1 aliphatic rings. The molecule has 1 aromatic heterocycles. The Balaban J connectivity index is 2.00. The number of pyridine rings is 1. The van der Waals surface area contributed by atoms with E-state index < -0.39 is 0 Å². The summed E-state index contributed by atoms with van der Waals surface area (Å²) < 4.78 is 0. The molecule has 0 aromatic carbocycles. The molecule has 0 radical (unpaired) electrons. The van der Waals surface area contributed by atoms with Crippen molar-refractivity contribution in [2.45, 2.75) is 13.3 Å². The van der Waals surface area contributed by atoms with Gasteiger partial charge in [-0.05, 0) is 30.4 Å². The molecule has 0 saturated heterocycles. The van der Waals surface area contributed by atoms with Crippen molar-refractivity contribution in [2.75, 3.05) is 17.6 Å². The van der Waals surface area contributed by atoms with Crippen LogP contribution < -0.4 is 11.1 Å². The number of nitrogens with two attached hydrogens (primary N) is 1. The van der Waals surface area contributed by atoms with Crippen molar-refractivity contribution in [3.05, 3.63) is 17.8 Å². The lowest BCUT2D eigenvalue weighted by Crippen LogP contribution is -2.07. The summed E-state index contributed by atoms with van der Waals surface area (Å²) >= 11 is 0. The number of rotatable bonds is 3. The summed E-state index contributed by atoms with van der Waals surface area (Å²) in [6.45, 7) is 3.17. The molecule has 1 aliphatic carbocycles. The molecular weight excluding hydrogens is 188 g/mol. The smallest absolute Gasteiger partial charge is 0.165 e. The minimum atomic E-state index is 0.295. The van der Waals surface area contributed by atoms with E-state index in [1.54, 1.807) is 6.07 Å². The zero-order valence-corrected chi connectivity index (χ0v) is 8.70. The Hall–Kier alpha value is -1.76. The van der Waals surface area contributed by atoms with Gasteiger partial charge in [0.2, 0.25) is 0 Å². The fourth-order valence-electron chi connectivity index (χ4n) is 1.58. The molecular formula is C11H14N4. The van der Waals surface area contributed by atoms with E-state index in [4.69, 9.17) is 11.0 Å². The molecule has 2 unspecified atom stereocenters. The fraction of sp³-hybridized carbons (Fsp3) is 0.455. The maximum Gasteiger partial charge on any atom is 0.165 e. The van der Waals surface area contributed by atoms with E-state index in [9.17, 15) is 0 Å². The van der Waals surface area contributed by atoms with Crippen LogP contribution in [0.1, 0.15) is 19.0 Å². The van der Waals surface area contributed by atoms with E-state index in [-0.39, 0.29) is 0 Å². The molecule has 1 aromatic rings. The lowest BCUT2D eigenvalue weighted by atomic mass is 10.3. The van der Waals surface area contributed by atoms with Gasteiger partial charge in [0.25, 0.3) is 0 Å². The monoisotopic (exact) mass is 202 g/mol. The van der Waals surface area contributed by atoms with Crippen LogP contribution in [0, 0.1) is 23.2 Å². The molecule has 4 nitrogen and oxygen atoms in total. The predicted molar refractivity (Wildman–Crippen MR) is 59.1 cm³/mol. The van der Waals surface area contributed by atoms with Gasteiger partial charge in [0.1, 0.15) is 11.9 Å². The standard InChI is InChI=1S/C11H14N4/c1-7-4-8(7)6-14-11-3-2-9(13)10(5-12)15-11/h2-3,7-8H,4,6,13H2,1H3,(H,14,15). The van der Waals surface area contributed by atoms with E-state index in [0.717, 1.165) is 24.2 Å². The number of nitrogen functional groups attached to an aromatic ring is 1. The number of nitrogens with one attached hydrogen (secondary N) is 1. The molecule has 3 N–H and O–H groups in total. The Morgan fingerprint density at radius 1 is 1.67 bits per heavy atom. The van der Waals surface area contributed by atoms with Crippen LogP contribution in [0.2, 0.25) is 0 Å². The van der Waals surface area contributed by atoms with Crippen LogP contribution in [0.15, 0.2) is 12.1 Å². The highest BCUT2D eigenvalue weighted by Crippen LogP contribution is 2.37. The highest BCUT2D eigenvalue weighted by atomic mass is 15.0. The van der Waals surface area contributed by atoms with Crippen molar-refractivity contribution in [1.82, 2.24) is 4.98 Å². The number of nitrogens with zero attached hydrogens (tertiary/aromatic N) is 2. The first kappa shape index (κ1) is 9.78. The second-order valence-corrected chi connectivity index (χ2v) is 4.10. The summed E-state index contributed by atoms with van der Waals surface area (Å²) in [6, 6.07) is 5.49. The summed E-state index contributed by atoms with van der Waals surface area (Å²) in [4.78, 5) is 4.12. The molecule has 1 heterocycles. The third-order valence-electron chi connectivity index (χ3n) is 2.85. The van der Waals surface area contributed by atoms with E-state index in [1.165, 1.54) is 6.42 Å². The number of aromatic nitrogens is 1. The van der Waals surface area contributed by atoms with Crippen LogP contribution in [0.3, 0.4) is 0 Å². The second kappa shape index (κ2) is 3.77. The van der Waals surface area contributed by atoms with E-state index >= 15 is 0 Å². The molecule has 1 saturated carbocycles. The lowest BCUT2D eigenvalue weighted by Gasteiger charge is -2.05. The third kappa shape index (κ3) is 2.18. The number of nitriles is 1. The first-order chi connectivity index (χ1) is 7.20. The Kier molecular flexibility index (Phi) is 2.46. The number of anilines is 2. The van der Waals surface area contributed by atoms with Crippen LogP contribution in [0.25, 0.3) is 0 Å². The molecule has 0 aliphatic heterocycles. The molecule has 2 atom stereocenters. The van der Waals surface area contributed by atoms with Gasteiger partial charge >= 0.3 is 0 Å². The van der Waals surface area contributed by atoms with Crippen molar-refractivity contribution in [3.63, 3.8) is 0 Å². The topological polar surface area (TPSA) is 74.7 Å². The zero-order chi connectivity index (χ0) is 10.8. The molecule has 4 heteroatoms. The van der Waals surface area contributed by atoms with Crippen molar-refractivity contribution < 1.29 is 0 Å². The summed E-state index contributed by atoms with van der Waals surface area (Å²) in [5.41, 5.74) is 6.31. The molecule has 0 amide bonds. The van der Waals surface area contributed by atoms with Crippen LogP contribution in [0.4, 0.5) is 11.5 Å². The van der Waals surface area contributed by atoms with Crippen molar-refractivity contribution in [1.29, 1.82) is 5.26 Å². The van der Waals surface area contributed by atoms with Crippen LogP contribution in [-0.4, -0.2) is 11.5 Å². The third-order valence-corrected chi connectivity index (χ3v) is 2.85. The molecule has 2 rings (SSSR count). The zero-order valence-electron chi connectivity index (χ0n) is 8.70. The van der Waals surface area contributed by atoms with Gasteiger partial charge in [-0.1, -0.05) is 6.92 Å². The van der Waals surface area contributed by atoms with Gasteiger partial charge in [-0.2, -0.15) is 5.26 Å². The molecule has 0 spiro atoms. The van der Waals surface area contributed by atoms with Gasteiger partial charge in [-0.15, -0.1) is 0 Å². The van der Waals surface area contributed by atoms with Gasteiger partial charge in [0.15, 0.2) is 5.69 Å². The molecule has 1 fully saturated rings. The number of hydrogen-bond acceptors (Lipinski definition) is 4.